The van der Waals surface area contributed by atoms with Crippen LogP contribution in [-0.2, 0) is 10.3 Å². The van der Waals surface area contributed by atoms with Gasteiger partial charge in [0.25, 0.3) is 5.91 Å². The van der Waals surface area contributed by atoms with Crippen LogP contribution in [-0.4, -0.2) is 23.4 Å². The molecule has 4 nitrogen and oxygen atoms in total. The van der Waals surface area contributed by atoms with E-state index in [-0.39, 0.29) is 12.5 Å². The molecule has 3 amide bonds. The number of carbonyl (C=O) groups is 2. The third-order valence-electron chi connectivity index (χ3n) is 3.77. The molecule has 0 saturated carbocycles. The van der Waals surface area contributed by atoms with Gasteiger partial charge in [0.1, 0.15) is 0 Å². The summed E-state index contributed by atoms with van der Waals surface area (Å²) in [5.74, 6) is 2.00. The lowest BCUT2D eigenvalue weighted by atomic mass is 9.82. The van der Waals surface area contributed by atoms with E-state index in [1.807, 2.05) is 60.7 Å². The Bertz CT molecular complexity index is 708. The van der Waals surface area contributed by atoms with E-state index < -0.39 is 11.6 Å². The first kappa shape index (κ1) is 13.9. The SMILES string of the molecule is C#CCN1C(=O)NC(c2ccccc2)(c2ccccc2)C1=O. The first-order valence-corrected chi connectivity index (χ1v) is 6.89. The third-order valence-corrected chi connectivity index (χ3v) is 3.77. The van der Waals surface area contributed by atoms with Gasteiger partial charge in [-0.1, -0.05) is 66.6 Å². The van der Waals surface area contributed by atoms with Crippen LogP contribution in [0.4, 0.5) is 4.79 Å². The van der Waals surface area contributed by atoms with Gasteiger partial charge in [0.15, 0.2) is 5.54 Å². The van der Waals surface area contributed by atoms with Gasteiger partial charge in [-0.2, -0.15) is 0 Å². The number of hydrogen-bond acceptors (Lipinski definition) is 2. The molecule has 0 radical (unpaired) electrons. The molecule has 3 rings (SSSR count). The lowest BCUT2D eigenvalue weighted by molar-refractivity contribution is -0.129. The van der Waals surface area contributed by atoms with Gasteiger partial charge in [-0.25, -0.2) is 9.69 Å². The zero-order valence-corrected chi connectivity index (χ0v) is 11.8. The maximum Gasteiger partial charge on any atom is 0.326 e. The summed E-state index contributed by atoms with van der Waals surface area (Å²) >= 11 is 0. The lowest BCUT2D eigenvalue weighted by Gasteiger charge is -2.27. The minimum atomic E-state index is -1.23. The molecule has 108 valence electrons. The third kappa shape index (κ3) is 1.95. The summed E-state index contributed by atoms with van der Waals surface area (Å²) in [6.45, 7) is -0.0495. The number of hydrogen-bond donors (Lipinski definition) is 1. The van der Waals surface area contributed by atoms with Crippen LogP contribution >= 0.6 is 0 Å². The first-order valence-electron chi connectivity index (χ1n) is 6.89. The lowest BCUT2D eigenvalue weighted by Crippen LogP contribution is -2.45. The molecule has 0 atom stereocenters. The molecule has 1 saturated heterocycles. The van der Waals surface area contributed by atoms with Crippen molar-refractivity contribution in [2.75, 3.05) is 6.54 Å². The highest BCUT2D eigenvalue weighted by Crippen LogP contribution is 2.35. The summed E-state index contributed by atoms with van der Waals surface area (Å²) < 4.78 is 0. The van der Waals surface area contributed by atoms with Crippen LogP contribution < -0.4 is 5.32 Å². The highest BCUT2D eigenvalue weighted by atomic mass is 16.2. The minimum absolute atomic E-state index is 0.0495. The molecular weight excluding hydrogens is 276 g/mol. The van der Waals surface area contributed by atoms with Crippen molar-refractivity contribution in [3.63, 3.8) is 0 Å². The molecule has 22 heavy (non-hydrogen) atoms. The van der Waals surface area contributed by atoms with E-state index in [2.05, 4.69) is 11.2 Å². The van der Waals surface area contributed by atoms with Crippen molar-refractivity contribution >= 4 is 11.9 Å². The number of carbonyl (C=O) groups excluding carboxylic acids is 2. The number of urea groups is 1. The predicted octanol–water partition coefficient (Wildman–Crippen LogP) is 2.12. The van der Waals surface area contributed by atoms with Crippen LogP contribution in [0.3, 0.4) is 0 Å². The van der Waals surface area contributed by atoms with Gasteiger partial charge in [0, 0.05) is 0 Å². The maximum atomic E-state index is 13.0. The molecule has 2 aromatic carbocycles. The Labute approximate surface area is 128 Å². The topological polar surface area (TPSA) is 49.4 Å². The van der Waals surface area contributed by atoms with Crippen molar-refractivity contribution in [1.82, 2.24) is 10.2 Å². The van der Waals surface area contributed by atoms with Crippen LogP contribution in [0.15, 0.2) is 60.7 Å². The summed E-state index contributed by atoms with van der Waals surface area (Å²) in [6.07, 6.45) is 5.27. The fraction of sp³-hybridized carbons (Fsp3) is 0.111. The quantitative estimate of drug-likeness (QED) is 0.695. The maximum absolute atomic E-state index is 13.0. The second-order valence-electron chi connectivity index (χ2n) is 5.01. The summed E-state index contributed by atoms with van der Waals surface area (Å²) in [5, 5.41) is 2.83. The molecule has 1 fully saturated rings. The Kier molecular flexibility index (Phi) is 3.40. The van der Waals surface area contributed by atoms with E-state index in [1.165, 1.54) is 0 Å². The van der Waals surface area contributed by atoms with Gasteiger partial charge in [0.05, 0.1) is 6.54 Å². The zero-order chi connectivity index (χ0) is 15.6. The summed E-state index contributed by atoms with van der Waals surface area (Å²) in [4.78, 5) is 26.3. The molecule has 0 spiro atoms. The normalized spacial score (nSPS) is 16.2. The van der Waals surface area contributed by atoms with Crippen molar-refractivity contribution in [2.24, 2.45) is 0 Å². The molecule has 2 aromatic rings. The summed E-state index contributed by atoms with van der Waals surface area (Å²) in [5.41, 5.74) is 0.189. The number of benzene rings is 2. The number of amides is 3. The van der Waals surface area contributed by atoms with Crippen molar-refractivity contribution < 1.29 is 9.59 Å². The van der Waals surface area contributed by atoms with Crippen molar-refractivity contribution in [1.29, 1.82) is 0 Å². The van der Waals surface area contributed by atoms with Crippen molar-refractivity contribution in [3.05, 3.63) is 71.8 Å². The Morgan fingerprint density at radius 1 is 0.955 bits per heavy atom. The van der Waals surface area contributed by atoms with Gasteiger partial charge in [-0.15, -0.1) is 6.42 Å². The van der Waals surface area contributed by atoms with Gasteiger partial charge >= 0.3 is 6.03 Å². The standard InChI is InChI=1S/C18H14N2O2/c1-2-13-20-16(21)18(19-17(20)22,14-9-5-3-6-10-14)15-11-7-4-8-12-15/h1,3-12H,13H2,(H,19,22). The Morgan fingerprint density at radius 2 is 1.45 bits per heavy atom. The number of nitrogens with one attached hydrogen (secondary N) is 1. The molecule has 0 aromatic heterocycles. The van der Waals surface area contributed by atoms with Gasteiger partial charge in [-0.05, 0) is 11.1 Å². The summed E-state index contributed by atoms with van der Waals surface area (Å²) in [7, 11) is 0. The van der Waals surface area contributed by atoms with Crippen LogP contribution in [0.25, 0.3) is 0 Å². The second kappa shape index (κ2) is 5.38. The number of imide groups is 1. The highest BCUT2D eigenvalue weighted by Gasteiger charge is 2.53. The van der Waals surface area contributed by atoms with Crippen molar-refractivity contribution in [2.45, 2.75) is 5.54 Å². The fourth-order valence-corrected chi connectivity index (χ4v) is 2.75. The Hall–Kier alpha value is -3.06. The van der Waals surface area contributed by atoms with Gasteiger partial charge in [-0.3, -0.25) is 4.79 Å². The van der Waals surface area contributed by atoms with E-state index in [0.29, 0.717) is 11.1 Å². The van der Waals surface area contributed by atoms with E-state index in [0.717, 1.165) is 4.90 Å². The van der Waals surface area contributed by atoms with Gasteiger partial charge < -0.3 is 5.32 Å². The molecule has 1 heterocycles. The minimum Gasteiger partial charge on any atom is -0.315 e. The molecule has 4 heteroatoms. The number of rotatable bonds is 3. The monoisotopic (exact) mass is 290 g/mol. The first-order chi connectivity index (χ1) is 10.7. The number of terminal acetylenes is 1. The average Bonchev–Trinajstić information content (AvgIpc) is 2.82. The van der Waals surface area contributed by atoms with Crippen LogP contribution in [0.1, 0.15) is 11.1 Å². The van der Waals surface area contributed by atoms with Crippen LogP contribution in [0.2, 0.25) is 0 Å². The summed E-state index contributed by atoms with van der Waals surface area (Å²) in [6, 6.07) is 17.9. The molecular formula is C18H14N2O2. The fourth-order valence-electron chi connectivity index (χ4n) is 2.75. The van der Waals surface area contributed by atoms with E-state index >= 15 is 0 Å². The average molecular weight is 290 g/mol. The number of nitrogens with zero attached hydrogens (tertiary/aromatic N) is 1. The van der Waals surface area contributed by atoms with Gasteiger partial charge in [0.2, 0.25) is 0 Å². The van der Waals surface area contributed by atoms with Crippen LogP contribution in [0.5, 0.6) is 0 Å². The van der Waals surface area contributed by atoms with E-state index in [1.54, 1.807) is 0 Å². The second-order valence-corrected chi connectivity index (χ2v) is 5.01. The molecule has 1 N–H and O–H groups in total. The largest absolute Gasteiger partial charge is 0.326 e. The Balaban J connectivity index is 2.21. The highest BCUT2D eigenvalue weighted by molar-refractivity contribution is 6.09. The molecule has 0 aliphatic carbocycles. The van der Waals surface area contributed by atoms with Crippen molar-refractivity contribution in [3.8, 4) is 12.3 Å². The van der Waals surface area contributed by atoms with E-state index in [4.69, 9.17) is 6.42 Å². The molecule has 0 bridgehead atoms. The van der Waals surface area contributed by atoms with E-state index in [9.17, 15) is 9.59 Å². The zero-order valence-electron chi connectivity index (χ0n) is 11.8. The molecule has 0 unspecified atom stereocenters. The molecule has 1 aliphatic heterocycles. The van der Waals surface area contributed by atoms with Crippen LogP contribution in [0, 0.1) is 12.3 Å². The Morgan fingerprint density at radius 3 is 1.91 bits per heavy atom. The molecule has 1 aliphatic rings. The smallest absolute Gasteiger partial charge is 0.315 e. The predicted molar refractivity (Wildman–Crippen MR) is 82.7 cm³/mol.